The second-order valence-electron chi connectivity index (χ2n) is 4.93. The first-order chi connectivity index (χ1) is 8.80. The first-order valence-corrected chi connectivity index (χ1v) is 5.99. The van der Waals surface area contributed by atoms with Crippen molar-refractivity contribution in [3.05, 3.63) is 35.6 Å². The van der Waals surface area contributed by atoms with E-state index in [1.165, 1.54) is 26.0 Å². The van der Waals surface area contributed by atoms with Crippen LogP contribution in [0, 0.1) is 0 Å². The second kappa shape index (κ2) is 4.15. The lowest BCUT2D eigenvalue weighted by atomic mass is 9.76. The number of allylic oxidation sites excluding steroid dienone is 3. The number of Topliss-reactive ketones (excluding diaryl/α,β-unsaturated/α-hetero) is 1. The number of aliphatic hydroxyl groups excluding tert-OH is 1. The van der Waals surface area contributed by atoms with Gasteiger partial charge in [0.15, 0.2) is 5.78 Å². The smallest absolute Gasteiger partial charge is 0.222 e. The van der Waals surface area contributed by atoms with Gasteiger partial charge in [-0.05, 0) is 26.8 Å². The van der Waals surface area contributed by atoms with Crippen molar-refractivity contribution in [2.45, 2.75) is 38.1 Å². The van der Waals surface area contributed by atoms with Gasteiger partial charge in [-0.2, -0.15) is 0 Å². The van der Waals surface area contributed by atoms with Gasteiger partial charge in [-0.1, -0.05) is 18.2 Å². The Morgan fingerprint density at radius 2 is 2.05 bits per heavy atom. The van der Waals surface area contributed by atoms with Gasteiger partial charge >= 0.3 is 0 Å². The predicted molar refractivity (Wildman–Crippen MR) is 67.5 cm³/mol. The van der Waals surface area contributed by atoms with E-state index in [-0.39, 0.29) is 5.57 Å². The maximum Gasteiger partial charge on any atom is 0.222 e. The highest BCUT2D eigenvalue weighted by atomic mass is 16.6. The molecule has 0 aromatic rings. The summed E-state index contributed by atoms with van der Waals surface area (Å²) < 4.78 is 5.20. The molecule has 0 bridgehead atoms. The van der Waals surface area contributed by atoms with Crippen molar-refractivity contribution < 1.29 is 24.5 Å². The van der Waals surface area contributed by atoms with Crippen LogP contribution >= 0.6 is 0 Å². The molecule has 2 N–H and O–H groups in total. The molecule has 1 saturated heterocycles. The van der Waals surface area contributed by atoms with Crippen LogP contribution in [0.2, 0.25) is 0 Å². The molecule has 5 heteroatoms. The predicted octanol–water partition coefficient (Wildman–Crippen LogP) is 0.991. The summed E-state index contributed by atoms with van der Waals surface area (Å²) >= 11 is 0. The Balaban J connectivity index is 2.39. The van der Waals surface area contributed by atoms with Crippen LogP contribution in [0.5, 0.6) is 0 Å². The first kappa shape index (κ1) is 13.7. The second-order valence-corrected chi connectivity index (χ2v) is 4.93. The van der Waals surface area contributed by atoms with E-state index < -0.39 is 34.6 Å². The molecular formula is C14H16O5. The molecule has 1 fully saturated rings. The van der Waals surface area contributed by atoms with E-state index in [1.807, 2.05) is 0 Å². The van der Waals surface area contributed by atoms with Crippen LogP contribution in [-0.4, -0.2) is 39.1 Å². The van der Waals surface area contributed by atoms with Gasteiger partial charge in [-0.3, -0.25) is 9.59 Å². The number of aliphatic hydroxyl groups is 2. The van der Waals surface area contributed by atoms with Crippen molar-refractivity contribution in [2.24, 2.45) is 0 Å². The number of hydrogen-bond donors (Lipinski definition) is 2. The molecule has 19 heavy (non-hydrogen) atoms. The van der Waals surface area contributed by atoms with Crippen LogP contribution in [0.1, 0.15) is 20.8 Å². The van der Waals surface area contributed by atoms with Crippen molar-refractivity contribution in [2.75, 3.05) is 0 Å². The quantitative estimate of drug-likeness (QED) is 0.343. The average Bonchev–Trinajstić information content (AvgIpc) is 3.12. The number of fused-ring (bicyclic) bond motifs is 1. The van der Waals surface area contributed by atoms with E-state index in [1.54, 1.807) is 19.1 Å². The monoisotopic (exact) mass is 264 g/mol. The summed E-state index contributed by atoms with van der Waals surface area (Å²) in [5.41, 5.74) is -3.42. The first-order valence-electron chi connectivity index (χ1n) is 5.99. The van der Waals surface area contributed by atoms with Gasteiger partial charge in [0.05, 0.1) is 0 Å². The molecule has 2 rings (SSSR count). The molecule has 1 aliphatic heterocycles. The van der Waals surface area contributed by atoms with Crippen molar-refractivity contribution >= 4 is 11.6 Å². The maximum absolute atomic E-state index is 12.1. The summed E-state index contributed by atoms with van der Waals surface area (Å²) in [4.78, 5) is 24.2. The molecule has 1 unspecified atom stereocenters. The minimum absolute atomic E-state index is 0.0356. The van der Waals surface area contributed by atoms with Crippen LogP contribution in [0.3, 0.4) is 0 Å². The number of carbonyl (C=O) groups excluding carboxylic acids is 2. The Kier molecular flexibility index (Phi) is 2.99. The Morgan fingerprint density at radius 3 is 2.63 bits per heavy atom. The highest BCUT2D eigenvalue weighted by molar-refractivity contribution is 6.24. The third kappa shape index (κ3) is 1.69. The number of hydrogen-bond acceptors (Lipinski definition) is 5. The van der Waals surface area contributed by atoms with Crippen LogP contribution < -0.4 is 0 Å². The maximum atomic E-state index is 12.1. The summed E-state index contributed by atoms with van der Waals surface area (Å²) in [6.07, 6.45) is 5.11. The van der Waals surface area contributed by atoms with E-state index in [4.69, 9.17) is 4.74 Å². The van der Waals surface area contributed by atoms with Gasteiger partial charge in [0.25, 0.3) is 0 Å². The highest BCUT2D eigenvalue weighted by Crippen LogP contribution is 2.52. The van der Waals surface area contributed by atoms with Gasteiger partial charge < -0.3 is 14.9 Å². The number of ketones is 2. The zero-order valence-corrected chi connectivity index (χ0v) is 11.0. The summed E-state index contributed by atoms with van der Waals surface area (Å²) in [7, 11) is 0. The number of rotatable bonds is 3. The SMILES string of the molecule is C/C=C/C=C/C(=O)[C@@]12OC1[C@](C)(O)C(O)=C(C)C2=O. The van der Waals surface area contributed by atoms with Crippen molar-refractivity contribution in [1.82, 2.24) is 0 Å². The lowest BCUT2D eigenvalue weighted by molar-refractivity contribution is -0.130. The van der Waals surface area contributed by atoms with E-state index >= 15 is 0 Å². The lowest BCUT2D eigenvalue weighted by Crippen LogP contribution is -2.50. The topological polar surface area (TPSA) is 87.1 Å². The van der Waals surface area contributed by atoms with Gasteiger partial charge in [0.2, 0.25) is 11.4 Å². The highest BCUT2D eigenvalue weighted by Gasteiger charge is 2.76. The van der Waals surface area contributed by atoms with Crippen molar-refractivity contribution in [3.63, 3.8) is 0 Å². The fourth-order valence-corrected chi connectivity index (χ4v) is 2.40. The molecule has 0 aromatic carbocycles. The molecule has 0 spiro atoms. The summed E-state index contributed by atoms with van der Waals surface area (Å²) in [5, 5.41) is 19.9. The molecule has 1 aliphatic carbocycles. The van der Waals surface area contributed by atoms with Gasteiger partial charge in [-0.15, -0.1) is 0 Å². The van der Waals surface area contributed by atoms with E-state index in [9.17, 15) is 19.8 Å². The third-order valence-corrected chi connectivity index (χ3v) is 3.56. The molecule has 0 radical (unpaired) electrons. The van der Waals surface area contributed by atoms with Crippen LogP contribution in [0.15, 0.2) is 35.6 Å². The molecule has 0 amide bonds. The van der Waals surface area contributed by atoms with Crippen molar-refractivity contribution in [3.8, 4) is 0 Å². The lowest BCUT2D eigenvalue weighted by Gasteiger charge is -2.27. The Labute approximate surface area is 110 Å². The molecule has 1 heterocycles. The van der Waals surface area contributed by atoms with Crippen LogP contribution in [0.4, 0.5) is 0 Å². The van der Waals surface area contributed by atoms with Crippen molar-refractivity contribution in [1.29, 1.82) is 0 Å². The molecule has 2 aliphatic rings. The fourth-order valence-electron chi connectivity index (χ4n) is 2.40. The van der Waals surface area contributed by atoms with Crippen LogP contribution in [0.25, 0.3) is 0 Å². The summed E-state index contributed by atoms with van der Waals surface area (Å²) in [6, 6.07) is 0. The molecule has 5 nitrogen and oxygen atoms in total. The molecule has 102 valence electrons. The number of epoxide rings is 1. The minimum Gasteiger partial charge on any atom is -0.509 e. The molecular weight excluding hydrogens is 248 g/mol. The largest absolute Gasteiger partial charge is 0.509 e. The van der Waals surface area contributed by atoms with Crippen LogP contribution in [-0.2, 0) is 14.3 Å². The van der Waals surface area contributed by atoms with Gasteiger partial charge in [0, 0.05) is 5.57 Å². The zero-order chi connectivity index (χ0) is 14.4. The average molecular weight is 264 g/mol. The third-order valence-electron chi connectivity index (χ3n) is 3.56. The molecule has 3 atom stereocenters. The summed E-state index contributed by atoms with van der Waals surface area (Å²) in [5.74, 6) is -1.54. The standard InChI is InChI=1S/C14H16O5/c1-4-5-6-7-9(15)14-11(17)8(2)10(16)13(3,18)12(14)19-14/h4-7,12,16,18H,1-3H3/b5-4+,7-6+/t12?,13-,14+/m1/s1. The Bertz CT molecular complexity index is 538. The number of ether oxygens (including phenoxy) is 1. The van der Waals surface area contributed by atoms with E-state index in [0.717, 1.165) is 0 Å². The van der Waals surface area contributed by atoms with E-state index in [0.29, 0.717) is 0 Å². The van der Waals surface area contributed by atoms with E-state index in [2.05, 4.69) is 0 Å². The van der Waals surface area contributed by atoms with Gasteiger partial charge in [0.1, 0.15) is 17.5 Å². The molecule has 0 aromatic heterocycles. The Morgan fingerprint density at radius 1 is 1.42 bits per heavy atom. The molecule has 0 saturated carbocycles. The Hall–Kier alpha value is -1.72. The normalized spacial score (nSPS) is 38.1. The summed E-state index contributed by atoms with van der Waals surface area (Å²) in [6.45, 7) is 4.49. The van der Waals surface area contributed by atoms with Gasteiger partial charge in [-0.25, -0.2) is 0 Å². The number of carbonyl (C=O) groups is 2. The minimum atomic E-state index is -1.72. The fraction of sp³-hybridized carbons (Fsp3) is 0.429. The zero-order valence-electron chi connectivity index (χ0n) is 11.0.